The van der Waals surface area contributed by atoms with Crippen LogP contribution in [0.1, 0.15) is 55.4 Å². The van der Waals surface area contributed by atoms with Crippen molar-refractivity contribution in [2.75, 3.05) is 5.75 Å². The van der Waals surface area contributed by atoms with Crippen molar-refractivity contribution < 1.29 is 9.90 Å². The van der Waals surface area contributed by atoms with Crippen molar-refractivity contribution in [1.29, 1.82) is 0 Å². The zero-order valence-corrected chi connectivity index (χ0v) is 18.8. The van der Waals surface area contributed by atoms with Gasteiger partial charge in [0.15, 0.2) is 11.5 Å². The molecule has 1 N–H and O–H groups in total. The Kier molecular flexibility index (Phi) is 7.39. The minimum absolute atomic E-state index is 0.0726. The molecule has 0 aliphatic heterocycles. The Balaban J connectivity index is 1.73. The summed E-state index contributed by atoms with van der Waals surface area (Å²) < 4.78 is 0. The summed E-state index contributed by atoms with van der Waals surface area (Å²) in [5.41, 5.74) is 5.68. The van der Waals surface area contributed by atoms with E-state index in [1.165, 1.54) is 5.56 Å². The van der Waals surface area contributed by atoms with Gasteiger partial charge >= 0.3 is 0 Å². The molecule has 1 unspecified atom stereocenters. The Hall–Kier alpha value is -2.51. The number of thioether (sulfide) groups is 1. The summed E-state index contributed by atoms with van der Waals surface area (Å²) in [6.07, 6.45) is 3.64. The van der Waals surface area contributed by atoms with Crippen LogP contribution in [-0.4, -0.2) is 16.6 Å². The molecule has 1 atom stereocenters. The smallest absolute Gasteiger partial charge is 0.187 e. The number of aryl methyl sites for hydroxylation is 3. The first-order valence-electron chi connectivity index (χ1n) is 10.6. The van der Waals surface area contributed by atoms with E-state index in [1.807, 2.05) is 24.3 Å². The van der Waals surface area contributed by atoms with Crippen LogP contribution in [0.3, 0.4) is 0 Å². The predicted octanol–water partition coefficient (Wildman–Crippen LogP) is 7.10. The van der Waals surface area contributed by atoms with Gasteiger partial charge in [-0.3, -0.25) is 4.79 Å². The molecule has 2 aromatic rings. The van der Waals surface area contributed by atoms with E-state index in [9.17, 15) is 9.90 Å². The summed E-state index contributed by atoms with van der Waals surface area (Å²) in [5.74, 6) is 1.40. The fraction of sp³-hybridized carbons (Fsp3) is 0.385. The van der Waals surface area contributed by atoms with Gasteiger partial charge < -0.3 is 5.11 Å². The van der Waals surface area contributed by atoms with Gasteiger partial charge in [-0.15, -0.1) is 11.8 Å². The van der Waals surface area contributed by atoms with Crippen LogP contribution < -0.4 is 0 Å². The van der Waals surface area contributed by atoms with Gasteiger partial charge in [0.05, 0.1) is 12.1 Å². The van der Waals surface area contributed by atoms with Crippen LogP contribution in [-0.2, 0) is 17.6 Å². The molecule has 3 nitrogen and oxygen atoms in total. The molecule has 0 spiro atoms. The number of hydrogen-bond donors (Lipinski definition) is 1. The number of rotatable bonds is 7. The molecule has 0 bridgehead atoms. The summed E-state index contributed by atoms with van der Waals surface area (Å²) >= 11 is 1.73. The van der Waals surface area contributed by atoms with Crippen LogP contribution in [0.2, 0.25) is 0 Å². The van der Waals surface area contributed by atoms with Gasteiger partial charge in [0.2, 0.25) is 0 Å². The molecule has 0 radical (unpaired) electrons. The SMILES string of the molecule is [C-]#[N+]c1ccc(SCCC2CC(=O)C(c3c(CC)cc(C)cc3CC)=C(O)C2)cc1. The summed E-state index contributed by atoms with van der Waals surface area (Å²) in [4.78, 5) is 17.6. The van der Waals surface area contributed by atoms with Gasteiger partial charge in [-0.05, 0) is 54.5 Å². The molecule has 1 aliphatic rings. The number of aliphatic hydroxyl groups excluding tert-OH is 1. The Bertz CT molecular complexity index is 974. The number of carbonyl (C=O) groups is 1. The first kappa shape index (κ1) is 22.2. The molecule has 0 fully saturated rings. The standard InChI is InChI=1S/C26H29NO2S/c1-5-19-13-17(3)14-20(6-2)25(19)26-23(28)15-18(16-24(26)29)11-12-30-22-9-7-21(27-4)8-10-22/h7-10,13-14,18,28H,5-6,11-12,15-16H2,1-3H3. The van der Waals surface area contributed by atoms with Crippen LogP contribution >= 0.6 is 11.8 Å². The minimum atomic E-state index is 0.0726. The van der Waals surface area contributed by atoms with E-state index in [2.05, 4.69) is 37.7 Å². The molecule has 0 aromatic heterocycles. The highest BCUT2D eigenvalue weighted by Gasteiger charge is 2.30. The van der Waals surface area contributed by atoms with Crippen molar-refractivity contribution in [2.45, 2.75) is 57.8 Å². The van der Waals surface area contributed by atoms with Crippen molar-refractivity contribution in [3.63, 3.8) is 0 Å². The van der Waals surface area contributed by atoms with Crippen LogP contribution in [0.25, 0.3) is 10.4 Å². The average Bonchev–Trinajstić information content (AvgIpc) is 2.74. The number of hydrogen-bond acceptors (Lipinski definition) is 3. The lowest BCUT2D eigenvalue weighted by atomic mass is 9.79. The number of nitrogens with zero attached hydrogens (tertiary/aromatic N) is 1. The number of allylic oxidation sites excluding steroid dienone is 2. The van der Waals surface area contributed by atoms with Crippen LogP contribution in [0.15, 0.2) is 47.1 Å². The molecule has 3 rings (SSSR count). The highest BCUT2D eigenvalue weighted by Crippen LogP contribution is 2.38. The Labute approximate surface area is 184 Å². The first-order chi connectivity index (χ1) is 14.5. The number of aliphatic hydroxyl groups is 1. The van der Waals surface area contributed by atoms with Crippen LogP contribution in [0.5, 0.6) is 0 Å². The topological polar surface area (TPSA) is 41.7 Å². The van der Waals surface area contributed by atoms with Crippen molar-refractivity contribution in [3.8, 4) is 0 Å². The first-order valence-corrected chi connectivity index (χ1v) is 11.6. The number of ketones is 1. The monoisotopic (exact) mass is 419 g/mol. The lowest BCUT2D eigenvalue weighted by molar-refractivity contribution is -0.115. The van der Waals surface area contributed by atoms with E-state index < -0.39 is 0 Å². The van der Waals surface area contributed by atoms with E-state index in [-0.39, 0.29) is 17.5 Å². The molecule has 1 aliphatic carbocycles. The maximum absolute atomic E-state index is 13.1. The van der Waals surface area contributed by atoms with Gasteiger partial charge in [-0.25, -0.2) is 4.85 Å². The summed E-state index contributed by atoms with van der Waals surface area (Å²) in [5, 5.41) is 10.9. The lowest BCUT2D eigenvalue weighted by Crippen LogP contribution is -2.21. The predicted molar refractivity (Wildman–Crippen MR) is 125 cm³/mol. The summed E-state index contributed by atoms with van der Waals surface area (Å²) in [6, 6.07) is 11.9. The number of benzene rings is 2. The van der Waals surface area contributed by atoms with E-state index in [0.717, 1.165) is 46.6 Å². The Morgan fingerprint density at radius 2 is 1.73 bits per heavy atom. The molecule has 0 heterocycles. The van der Waals surface area contributed by atoms with Crippen molar-refractivity contribution in [2.24, 2.45) is 5.92 Å². The molecule has 2 aromatic carbocycles. The fourth-order valence-corrected chi connectivity index (χ4v) is 5.26. The minimum Gasteiger partial charge on any atom is -0.512 e. The number of Topliss-reactive ketones (excluding diaryl/α,β-unsaturated/α-hetero) is 1. The highest BCUT2D eigenvalue weighted by molar-refractivity contribution is 7.99. The quantitative estimate of drug-likeness (QED) is 0.384. The van der Waals surface area contributed by atoms with Gasteiger partial charge in [-0.1, -0.05) is 55.8 Å². The maximum atomic E-state index is 13.1. The molecule has 156 valence electrons. The average molecular weight is 420 g/mol. The second kappa shape index (κ2) is 10.00. The molecular weight excluding hydrogens is 390 g/mol. The molecule has 0 amide bonds. The third-order valence-electron chi connectivity index (χ3n) is 5.74. The molecule has 0 saturated carbocycles. The largest absolute Gasteiger partial charge is 0.512 e. The summed E-state index contributed by atoms with van der Waals surface area (Å²) in [6.45, 7) is 13.3. The second-order valence-electron chi connectivity index (χ2n) is 7.93. The molecule has 0 saturated heterocycles. The van der Waals surface area contributed by atoms with E-state index >= 15 is 0 Å². The van der Waals surface area contributed by atoms with Gasteiger partial charge in [0, 0.05) is 17.7 Å². The lowest BCUT2D eigenvalue weighted by Gasteiger charge is -2.26. The Morgan fingerprint density at radius 3 is 2.27 bits per heavy atom. The van der Waals surface area contributed by atoms with Crippen molar-refractivity contribution in [3.05, 3.63) is 75.8 Å². The van der Waals surface area contributed by atoms with Crippen molar-refractivity contribution >= 4 is 28.8 Å². The van der Waals surface area contributed by atoms with Crippen LogP contribution in [0.4, 0.5) is 5.69 Å². The van der Waals surface area contributed by atoms with E-state index in [1.54, 1.807) is 11.8 Å². The Morgan fingerprint density at radius 1 is 1.10 bits per heavy atom. The highest BCUT2D eigenvalue weighted by atomic mass is 32.2. The van der Waals surface area contributed by atoms with E-state index in [0.29, 0.717) is 24.1 Å². The normalized spacial score (nSPS) is 16.6. The third kappa shape index (κ3) is 4.96. The molecule has 4 heteroatoms. The van der Waals surface area contributed by atoms with Gasteiger partial charge in [-0.2, -0.15) is 0 Å². The number of carbonyl (C=O) groups excluding carboxylic acids is 1. The zero-order valence-electron chi connectivity index (χ0n) is 18.0. The van der Waals surface area contributed by atoms with E-state index in [4.69, 9.17) is 6.57 Å². The third-order valence-corrected chi connectivity index (χ3v) is 6.79. The summed E-state index contributed by atoms with van der Waals surface area (Å²) in [7, 11) is 0. The fourth-order valence-electron chi connectivity index (χ4n) is 4.24. The maximum Gasteiger partial charge on any atom is 0.187 e. The zero-order chi connectivity index (χ0) is 21.7. The second-order valence-corrected chi connectivity index (χ2v) is 9.10. The van der Waals surface area contributed by atoms with Crippen LogP contribution in [0, 0.1) is 19.4 Å². The van der Waals surface area contributed by atoms with Gasteiger partial charge in [0.1, 0.15) is 5.76 Å². The molecular formula is C26H29NO2S. The molecule has 30 heavy (non-hydrogen) atoms. The van der Waals surface area contributed by atoms with Gasteiger partial charge in [0.25, 0.3) is 0 Å². The van der Waals surface area contributed by atoms with Crippen molar-refractivity contribution in [1.82, 2.24) is 0 Å².